The van der Waals surface area contributed by atoms with Crippen LogP contribution in [-0.2, 0) is 11.3 Å². The van der Waals surface area contributed by atoms with Gasteiger partial charge < -0.3 is 5.11 Å². The van der Waals surface area contributed by atoms with Crippen LogP contribution in [0.4, 0.5) is 0 Å². The lowest BCUT2D eigenvalue weighted by Gasteiger charge is -2.28. The molecule has 0 heterocycles. The lowest BCUT2D eigenvalue weighted by Crippen LogP contribution is -2.36. The van der Waals surface area contributed by atoms with Gasteiger partial charge in [0.25, 0.3) is 0 Å². The molecular weight excluding hydrogens is 262 g/mol. The van der Waals surface area contributed by atoms with Gasteiger partial charge in [-0.05, 0) is 30.2 Å². The Hall–Kier alpha value is -1.87. The predicted molar refractivity (Wildman–Crippen MR) is 86.3 cm³/mol. The van der Waals surface area contributed by atoms with Crippen LogP contribution in [-0.4, -0.2) is 28.6 Å². The Morgan fingerprint density at radius 2 is 1.76 bits per heavy atom. The molecule has 0 saturated heterocycles. The first-order valence-corrected chi connectivity index (χ1v) is 7.42. The van der Waals surface area contributed by atoms with E-state index in [1.54, 1.807) is 6.92 Å². The first-order valence-electron chi connectivity index (χ1n) is 7.42. The molecule has 0 amide bonds. The number of aliphatic carboxylic acids is 1. The summed E-state index contributed by atoms with van der Waals surface area (Å²) < 4.78 is 0. The molecule has 1 unspecified atom stereocenters. The number of carbonyl (C=O) groups is 1. The van der Waals surface area contributed by atoms with Crippen LogP contribution in [0.5, 0.6) is 0 Å². The molecule has 1 N–H and O–H groups in total. The Morgan fingerprint density at radius 1 is 1.10 bits per heavy atom. The number of fused-ring (bicyclic) bond motifs is 1. The number of benzene rings is 2. The number of carboxylic acid groups (broad SMARTS) is 1. The van der Waals surface area contributed by atoms with Gasteiger partial charge in [-0.2, -0.15) is 0 Å². The highest BCUT2D eigenvalue weighted by Crippen LogP contribution is 2.21. The van der Waals surface area contributed by atoms with Crippen molar-refractivity contribution >= 4 is 16.7 Å². The van der Waals surface area contributed by atoms with E-state index >= 15 is 0 Å². The van der Waals surface area contributed by atoms with Crippen molar-refractivity contribution in [1.29, 1.82) is 0 Å². The van der Waals surface area contributed by atoms with Gasteiger partial charge in [-0.15, -0.1) is 0 Å². The fourth-order valence-corrected chi connectivity index (χ4v) is 2.54. The standard InChI is InChI=1S/C18H23NO2/c1-13(2)19(11-14(3)18(20)21)12-16-9-6-8-15-7-4-5-10-17(15)16/h4-10,13-14H,11-12H2,1-3H3,(H,20,21). The van der Waals surface area contributed by atoms with Crippen LogP contribution in [0.25, 0.3) is 10.8 Å². The van der Waals surface area contributed by atoms with Crippen LogP contribution in [0.2, 0.25) is 0 Å². The van der Waals surface area contributed by atoms with E-state index in [0.717, 1.165) is 6.54 Å². The molecule has 0 aromatic heterocycles. The van der Waals surface area contributed by atoms with Crippen LogP contribution >= 0.6 is 0 Å². The topological polar surface area (TPSA) is 40.5 Å². The molecule has 112 valence electrons. The number of hydrogen-bond donors (Lipinski definition) is 1. The molecule has 0 aliphatic carbocycles. The maximum absolute atomic E-state index is 11.1. The summed E-state index contributed by atoms with van der Waals surface area (Å²) in [6, 6.07) is 14.9. The SMILES string of the molecule is CC(CN(Cc1cccc2ccccc12)C(C)C)C(=O)O. The van der Waals surface area contributed by atoms with Crippen LogP contribution in [0.15, 0.2) is 42.5 Å². The Kier molecular flexibility index (Phi) is 4.97. The molecule has 1 atom stereocenters. The van der Waals surface area contributed by atoms with Gasteiger partial charge in [0.15, 0.2) is 0 Å². The summed E-state index contributed by atoms with van der Waals surface area (Å²) in [5, 5.41) is 11.6. The minimum absolute atomic E-state index is 0.311. The monoisotopic (exact) mass is 285 g/mol. The van der Waals surface area contributed by atoms with Crippen LogP contribution < -0.4 is 0 Å². The Balaban J connectivity index is 2.25. The second-order valence-corrected chi connectivity index (χ2v) is 5.90. The summed E-state index contributed by atoms with van der Waals surface area (Å²) in [5.74, 6) is -1.10. The van der Waals surface area contributed by atoms with Crippen molar-refractivity contribution in [3.8, 4) is 0 Å². The molecule has 2 aromatic rings. The summed E-state index contributed by atoms with van der Waals surface area (Å²) in [5.41, 5.74) is 1.25. The van der Waals surface area contributed by atoms with Gasteiger partial charge in [0, 0.05) is 19.1 Å². The summed E-state index contributed by atoms with van der Waals surface area (Å²) in [4.78, 5) is 13.3. The lowest BCUT2D eigenvalue weighted by molar-refractivity contribution is -0.141. The highest BCUT2D eigenvalue weighted by Gasteiger charge is 2.19. The quantitative estimate of drug-likeness (QED) is 0.878. The maximum Gasteiger partial charge on any atom is 0.307 e. The van der Waals surface area contributed by atoms with Crippen molar-refractivity contribution in [3.63, 3.8) is 0 Å². The zero-order valence-electron chi connectivity index (χ0n) is 12.9. The lowest BCUT2D eigenvalue weighted by atomic mass is 10.0. The summed E-state index contributed by atoms with van der Waals surface area (Å²) in [6.07, 6.45) is 0. The van der Waals surface area contributed by atoms with Gasteiger partial charge in [-0.3, -0.25) is 9.69 Å². The third-order valence-corrected chi connectivity index (χ3v) is 3.91. The highest BCUT2D eigenvalue weighted by molar-refractivity contribution is 5.85. The van der Waals surface area contributed by atoms with Gasteiger partial charge >= 0.3 is 5.97 Å². The summed E-state index contributed by atoms with van der Waals surface area (Å²) in [6.45, 7) is 7.33. The third kappa shape index (κ3) is 3.82. The minimum atomic E-state index is -0.737. The van der Waals surface area contributed by atoms with Crippen molar-refractivity contribution in [1.82, 2.24) is 4.90 Å². The fraction of sp³-hybridized carbons (Fsp3) is 0.389. The third-order valence-electron chi connectivity index (χ3n) is 3.91. The van der Waals surface area contributed by atoms with E-state index in [0.29, 0.717) is 12.6 Å². The number of hydrogen-bond acceptors (Lipinski definition) is 2. The summed E-state index contributed by atoms with van der Waals surface area (Å²) in [7, 11) is 0. The Bertz CT molecular complexity index is 616. The van der Waals surface area contributed by atoms with Crippen LogP contribution in [0, 0.1) is 5.92 Å². The van der Waals surface area contributed by atoms with E-state index in [4.69, 9.17) is 5.11 Å². The molecule has 0 bridgehead atoms. The van der Waals surface area contributed by atoms with Crippen LogP contribution in [0.1, 0.15) is 26.3 Å². The number of nitrogens with zero attached hydrogens (tertiary/aromatic N) is 1. The smallest absolute Gasteiger partial charge is 0.307 e. The predicted octanol–water partition coefficient (Wildman–Crippen LogP) is 3.77. The largest absolute Gasteiger partial charge is 0.481 e. The van der Waals surface area contributed by atoms with Crippen LogP contribution in [0.3, 0.4) is 0 Å². The molecule has 0 aliphatic rings. The van der Waals surface area contributed by atoms with Crippen molar-refractivity contribution in [3.05, 3.63) is 48.0 Å². The molecule has 21 heavy (non-hydrogen) atoms. The molecule has 0 fully saturated rings. The van der Waals surface area contributed by atoms with E-state index in [1.165, 1.54) is 16.3 Å². The molecule has 0 saturated carbocycles. The van der Waals surface area contributed by atoms with E-state index in [-0.39, 0.29) is 5.92 Å². The molecule has 0 spiro atoms. The van der Waals surface area contributed by atoms with Gasteiger partial charge in [-0.1, -0.05) is 49.4 Å². The molecule has 2 aromatic carbocycles. The average Bonchev–Trinajstić information content (AvgIpc) is 2.46. The molecule has 0 radical (unpaired) electrons. The minimum Gasteiger partial charge on any atom is -0.481 e. The molecule has 2 rings (SSSR count). The zero-order valence-corrected chi connectivity index (χ0v) is 12.9. The van der Waals surface area contributed by atoms with E-state index in [1.807, 2.05) is 12.1 Å². The molecular formula is C18H23NO2. The van der Waals surface area contributed by atoms with Gasteiger partial charge in [0.05, 0.1) is 5.92 Å². The van der Waals surface area contributed by atoms with E-state index < -0.39 is 5.97 Å². The number of carboxylic acids is 1. The molecule has 3 heteroatoms. The second-order valence-electron chi connectivity index (χ2n) is 5.90. The van der Waals surface area contributed by atoms with E-state index in [2.05, 4.69) is 49.1 Å². The Labute approximate surface area is 126 Å². The van der Waals surface area contributed by atoms with E-state index in [9.17, 15) is 4.79 Å². The van der Waals surface area contributed by atoms with Gasteiger partial charge in [-0.25, -0.2) is 0 Å². The molecule has 3 nitrogen and oxygen atoms in total. The van der Waals surface area contributed by atoms with Gasteiger partial charge in [0.2, 0.25) is 0 Å². The van der Waals surface area contributed by atoms with Crippen molar-refractivity contribution in [2.45, 2.75) is 33.4 Å². The van der Waals surface area contributed by atoms with Gasteiger partial charge in [0.1, 0.15) is 0 Å². The first kappa shape index (κ1) is 15.5. The molecule has 0 aliphatic heterocycles. The van der Waals surface area contributed by atoms with Crippen molar-refractivity contribution in [2.75, 3.05) is 6.54 Å². The Morgan fingerprint density at radius 3 is 2.43 bits per heavy atom. The van der Waals surface area contributed by atoms with Crippen molar-refractivity contribution in [2.24, 2.45) is 5.92 Å². The zero-order chi connectivity index (χ0) is 15.4. The van der Waals surface area contributed by atoms with Crippen molar-refractivity contribution < 1.29 is 9.90 Å². The fourth-order valence-electron chi connectivity index (χ4n) is 2.54. The second kappa shape index (κ2) is 6.72. The summed E-state index contributed by atoms with van der Waals surface area (Å²) >= 11 is 0. The first-order chi connectivity index (χ1) is 9.99. The highest BCUT2D eigenvalue weighted by atomic mass is 16.4. The maximum atomic E-state index is 11.1. The normalized spacial score (nSPS) is 13.0. The number of rotatable bonds is 6. The average molecular weight is 285 g/mol.